The van der Waals surface area contributed by atoms with Gasteiger partial charge in [-0.25, -0.2) is 4.98 Å². The summed E-state index contributed by atoms with van der Waals surface area (Å²) >= 11 is 0. The summed E-state index contributed by atoms with van der Waals surface area (Å²) in [5.74, 6) is 0.826. The molecular formula is C12H20N6O2. The number of nitro groups is 1. The third kappa shape index (κ3) is 2.64. The van der Waals surface area contributed by atoms with Gasteiger partial charge in [-0.3, -0.25) is 10.1 Å². The van der Waals surface area contributed by atoms with Crippen molar-refractivity contribution >= 4 is 17.5 Å². The Balaban J connectivity index is 2.39. The van der Waals surface area contributed by atoms with Gasteiger partial charge in [0.05, 0.1) is 4.92 Å². The summed E-state index contributed by atoms with van der Waals surface area (Å²) in [6.45, 7) is 3.15. The summed E-state index contributed by atoms with van der Waals surface area (Å²) < 4.78 is 0. The van der Waals surface area contributed by atoms with Crippen LogP contribution in [0.25, 0.3) is 0 Å². The fourth-order valence-electron chi connectivity index (χ4n) is 2.45. The van der Waals surface area contributed by atoms with Crippen LogP contribution < -0.4 is 10.2 Å². The van der Waals surface area contributed by atoms with Crippen molar-refractivity contribution < 1.29 is 4.92 Å². The molecule has 1 aromatic heterocycles. The molecule has 1 aliphatic rings. The van der Waals surface area contributed by atoms with Gasteiger partial charge in [0.2, 0.25) is 11.8 Å². The first-order valence-electron chi connectivity index (χ1n) is 6.56. The maximum absolute atomic E-state index is 11.3. The van der Waals surface area contributed by atoms with E-state index in [1.807, 2.05) is 19.0 Å². The van der Waals surface area contributed by atoms with Crippen molar-refractivity contribution in [2.45, 2.75) is 19.4 Å². The maximum Gasteiger partial charge on any atom is 0.332 e. The van der Waals surface area contributed by atoms with Gasteiger partial charge in [-0.2, -0.15) is 4.98 Å². The summed E-state index contributed by atoms with van der Waals surface area (Å²) in [5, 5.41) is 14.1. The Morgan fingerprint density at radius 1 is 1.45 bits per heavy atom. The molecule has 2 heterocycles. The number of hydrogen-bond acceptors (Lipinski definition) is 7. The van der Waals surface area contributed by atoms with E-state index >= 15 is 0 Å². The molecule has 20 heavy (non-hydrogen) atoms. The third-order valence-electron chi connectivity index (χ3n) is 3.64. The van der Waals surface area contributed by atoms with Gasteiger partial charge in [0.25, 0.3) is 0 Å². The maximum atomic E-state index is 11.3. The molecule has 1 aromatic rings. The second-order valence-electron chi connectivity index (χ2n) is 5.16. The number of nitrogens with zero attached hydrogens (tertiary/aromatic N) is 5. The quantitative estimate of drug-likeness (QED) is 0.647. The van der Waals surface area contributed by atoms with Crippen molar-refractivity contribution in [1.82, 2.24) is 14.9 Å². The number of nitrogens with one attached hydrogen (secondary N) is 1. The van der Waals surface area contributed by atoms with Gasteiger partial charge < -0.3 is 15.1 Å². The van der Waals surface area contributed by atoms with Crippen LogP contribution in [0.15, 0.2) is 0 Å². The molecule has 8 heteroatoms. The molecule has 0 aliphatic carbocycles. The van der Waals surface area contributed by atoms with Crippen molar-refractivity contribution in [2.24, 2.45) is 0 Å². The number of aromatic nitrogens is 2. The zero-order chi connectivity index (χ0) is 14.9. The molecule has 0 amide bonds. The third-order valence-corrected chi connectivity index (χ3v) is 3.64. The first kappa shape index (κ1) is 14.4. The van der Waals surface area contributed by atoms with E-state index in [0.717, 1.165) is 19.5 Å². The summed E-state index contributed by atoms with van der Waals surface area (Å²) in [7, 11) is 5.75. The van der Waals surface area contributed by atoms with Crippen LogP contribution in [-0.2, 0) is 0 Å². The van der Waals surface area contributed by atoms with E-state index in [2.05, 4.69) is 20.2 Å². The van der Waals surface area contributed by atoms with E-state index in [9.17, 15) is 10.1 Å². The number of hydrogen-bond donors (Lipinski definition) is 1. The molecule has 1 aliphatic heterocycles. The second-order valence-corrected chi connectivity index (χ2v) is 5.16. The number of anilines is 2. The van der Waals surface area contributed by atoms with E-state index in [1.54, 1.807) is 14.0 Å². The van der Waals surface area contributed by atoms with Crippen LogP contribution in [0.4, 0.5) is 17.5 Å². The van der Waals surface area contributed by atoms with Gasteiger partial charge in [-0.1, -0.05) is 0 Å². The molecule has 0 bridgehead atoms. The molecule has 0 saturated carbocycles. The van der Waals surface area contributed by atoms with Crippen LogP contribution in [0.3, 0.4) is 0 Å². The Morgan fingerprint density at radius 3 is 2.65 bits per heavy atom. The van der Waals surface area contributed by atoms with Crippen LogP contribution in [0.2, 0.25) is 0 Å². The Kier molecular flexibility index (Phi) is 4.03. The largest absolute Gasteiger partial charge is 0.357 e. The van der Waals surface area contributed by atoms with Crippen LogP contribution in [0, 0.1) is 17.0 Å². The van der Waals surface area contributed by atoms with Crippen LogP contribution in [0.1, 0.15) is 12.1 Å². The van der Waals surface area contributed by atoms with E-state index in [4.69, 9.17) is 0 Å². The van der Waals surface area contributed by atoms with Crippen molar-refractivity contribution in [3.63, 3.8) is 0 Å². The molecule has 0 aromatic carbocycles. The van der Waals surface area contributed by atoms with E-state index in [-0.39, 0.29) is 5.69 Å². The highest BCUT2D eigenvalue weighted by Crippen LogP contribution is 2.32. The zero-order valence-corrected chi connectivity index (χ0v) is 12.3. The molecule has 1 unspecified atom stereocenters. The van der Waals surface area contributed by atoms with Gasteiger partial charge in [0, 0.05) is 26.2 Å². The van der Waals surface area contributed by atoms with E-state index in [0.29, 0.717) is 23.5 Å². The van der Waals surface area contributed by atoms with Gasteiger partial charge in [-0.05, 0) is 27.4 Å². The standard InChI is InChI=1S/C12H20N6O2/c1-8-10(18(19)20)11(15-12(13-2)14-8)17-6-5-9(7-17)16(3)4/h9H,5-7H2,1-4H3,(H,13,14,15). The first-order chi connectivity index (χ1) is 9.43. The van der Waals surface area contributed by atoms with Crippen molar-refractivity contribution in [1.29, 1.82) is 0 Å². The Morgan fingerprint density at radius 2 is 2.15 bits per heavy atom. The van der Waals surface area contributed by atoms with Crippen LogP contribution in [-0.4, -0.2) is 60.1 Å². The first-order valence-corrected chi connectivity index (χ1v) is 6.56. The Hall–Kier alpha value is -1.96. The normalized spacial score (nSPS) is 18.6. The molecule has 1 fully saturated rings. The molecule has 0 spiro atoms. The fourth-order valence-corrected chi connectivity index (χ4v) is 2.45. The van der Waals surface area contributed by atoms with Crippen LogP contribution >= 0.6 is 0 Å². The molecular weight excluding hydrogens is 260 g/mol. The monoisotopic (exact) mass is 280 g/mol. The highest BCUT2D eigenvalue weighted by Gasteiger charge is 2.32. The predicted molar refractivity (Wildman–Crippen MR) is 77.3 cm³/mol. The van der Waals surface area contributed by atoms with Gasteiger partial charge >= 0.3 is 5.69 Å². The van der Waals surface area contributed by atoms with Crippen LogP contribution in [0.5, 0.6) is 0 Å². The van der Waals surface area contributed by atoms with Crippen molar-refractivity contribution in [2.75, 3.05) is 44.4 Å². The van der Waals surface area contributed by atoms with Gasteiger partial charge in [-0.15, -0.1) is 0 Å². The summed E-state index contributed by atoms with van der Waals surface area (Å²) in [5.41, 5.74) is 0.390. The summed E-state index contributed by atoms with van der Waals surface area (Å²) in [6, 6.07) is 0.392. The highest BCUT2D eigenvalue weighted by molar-refractivity contribution is 5.63. The lowest BCUT2D eigenvalue weighted by molar-refractivity contribution is -0.385. The Bertz CT molecular complexity index is 519. The molecule has 1 saturated heterocycles. The second kappa shape index (κ2) is 5.58. The van der Waals surface area contributed by atoms with E-state index < -0.39 is 4.92 Å². The fraction of sp³-hybridized carbons (Fsp3) is 0.667. The zero-order valence-electron chi connectivity index (χ0n) is 12.3. The van der Waals surface area contributed by atoms with Gasteiger partial charge in [0.15, 0.2) is 0 Å². The minimum absolute atomic E-state index is 0.00315. The lowest BCUT2D eigenvalue weighted by Crippen LogP contribution is -2.32. The molecule has 1 atom stereocenters. The van der Waals surface area contributed by atoms with Crippen molar-refractivity contribution in [3.05, 3.63) is 15.8 Å². The molecule has 8 nitrogen and oxygen atoms in total. The number of aryl methyl sites for hydroxylation is 1. The summed E-state index contributed by atoms with van der Waals surface area (Å²) in [6.07, 6.45) is 0.974. The van der Waals surface area contributed by atoms with Gasteiger partial charge in [0.1, 0.15) is 5.69 Å². The average Bonchev–Trinajstić information content (AvgIpc) is 2.86. The topological polar surface area (TPSA) is 87.4 Å². The lowest BCUT2D eigenvalue weighted by atomic mass is 10.2. The molecule has 1 N–H and O–H groups in total. The smallest absolute Gasteiger partial charge is 0.332 e. The highest BCUT2D eigenvalue weighted by atomic mass is 16.6. The average molecular weight is 280 g/mol. The summed E-state index contributed by atoms with van der Waals surface area (Å²) in [4.78, 5) is 23.4. The molecule has 110 valence electrons. The Labute approximate surface area is 118 Å². The number of likely N-dealkylation sites (N-methyl/N-ethyl adjacent to an activating group) is 1. The number of rotatable bonds is 4. The van der Waals surface area contributed by atoms with E-state index in [1.165, 1.54) is 0 Å². The minimum atomic E-state index is -0.396. The minimum Gasteiger partial charge on any atom is -0.357 e. The molecule has 0 radical (unpaired) electrons. The molecule has 2 rings (SSSR count). The van der Waals surface area contributed by atoms with Crippen molar-refractivity contribution in [3.8, 4) is 0 Å². The SMILES string of the molecule is CNc1nc(C)c([N+](=O)[O-])c(N2CCC(N(C)C)C2)n1. The predicted octanol–water partition coefficient (Wildman–Crippen LogP) is 0.875. The lowest BCUT2D eigenvalue weighted by Gasteiger charge is -2.21.